The molecule has 6 nitrogen and oxygen atoms in total. The minimum Gasteiger partial charge on any atom is -0.363 e. The monoisotopic (exact) mass is 454 g/mol. The fourth-order valence-electron chi connectivity index (χ4n) is 3.02. The van der Waals surface area contributed by atoms with Crippen molar-refractivity contribution in [2.45, 2.75) is 44.3 Å². The molecule has 0 aliphatic heterocycles. The summed E-state index contributed by atoms with van der Waals surface area (Å²) in [6.07, 6.45) is 3.37. The molecular formula is C20H27ClN4O2S2. The second-order valence-corrected chi connectivity index (χ2v) is 9.60. The molecule has 158 valence electrons. The van der Waals surface area contributed by atoms with Gasteiger partial charge in [0.15, 0.2) is 5.11 Å². The first-order valence-corrected chi connectivity index (χ1v) is 11.8. The van der Waals surface area contributed by atoms with Gasteiger partial charge in [0, 0.05) is 24.2 Å². The van der Waals surface area contributed by atoms with E-state index in [0.717, 1.165) is 5.69 Å². The fourth-order valence-corrected chi connectivity index (χ4v) is 5.11. The summed E-state index contributed by atoms with van der Waals surface area (Å²) in [6.45, 7) is 11.3. The quantitative estimate of drug-likeness (QED) is 0.456. The number of imidazole rings is 1. The van der Waals surface area contributed by atoms with Gasteiger partial charge in [-0.15, -0.1) is 6.58 Å². The van der Waals surface area contributed by atoms with Crippen LogP contribution < -0.4 is 5.32 Å². The standard InChI is InChI=1S/C20H27ClN4O2S2/c1-5-10-24(19(28)22-6-2)13-18-12-23-20(25(18)15(3)4)29(26,27)14-16-8-7-9-17(21)11-16/h5,7-9,11-12,15H,1,6,10,13-14H2,2-4H3,(H,22,28). The van der Waals surface area contributed by atoms with Crippen molar-refractivity contribution in [1.29, 1.82) is 0 Å². The molecule has 2 aromatic rings. The van der Waals surface area contributed by atoms with E-state index in [9.17, 15) is 8.42 Å². The van der Waals surface area contributed by atoms with Crippen molar-refractivity contribution in [2.24, 2.45) is 0 Å². The van der Waals surface area contributed by atoms with E-state index >= 15 is 0 Å². The molecule has 2 rings (SSSR count). The van der Waals surface area contributed by atoms with Crippen LogP contribution in [0.1, 0.15) is 38.1 Å². The highest BCUT2D eigenvalue weighted by molar-refractivity contribution is 7.90. The zero-order valence-electron chi connectivity index (χ0n) is 16.9. The summed E-state index contributed by atoms with van der Waals surface area (Å²) >= 11 is 11.4. The summed E-state index contributed by atoms with van der Waals surface area (Å²) in [5.41, 5.74) is 1.39. The molecule has 1 N–H and O–H groups in total. The van der Waals surface area contributed by atoms with Gasteiger partial charge in [0.25, 0.3) is 0 Å². The van der Waals surface area contributed by atoms with Crippen molar-refractivity contribution >= 4 is 38.8 Å². The van der Waals surface area contributed by atoms with Crippen molar-refractivity contribution < 1.29 is 8.42 Å². The summed E-state index contributed by atoms with van der Waals surface area (Å²) in [5, 5.41) is 4.27. The summed E-state index contributed by atoms with van der Waals surface area (Å²) in [4.78, 5) is 6.20. The Morgan fingerprint density at radius 1 is 1.45 bits per heavy atom. The molecule has 0 unspecified atom stereocenters. The van der Waals surface area contributed by atoms with E-state index < -0.39 is 9.84 Å². The number of hydrogen-bond acceptors (Lipinski definition) is 4. The molecule has 1 heterocycles. The summed E-state index contributed by atoms with van der Waals surface area (Å²) in [7, 11) is -3.66. The molecule has 0 bridgehead atoms. The first-order chi connectivity index (χ1) is 13.7. The normalized spacial score (nSPS) is 11.5. The predicted octanol–water partition coefficient (Wildman–Crippen LogP) is 3.97. The smallest absolute Gasteiger partial charge is 0.228 e. The molecule has 0 radical (unpaired) electrons. The first-order valence-electron chi connectivity index (χ1n) is 9.36. The summed E-state index contributed by atoms with van der Waals surface area (Å²) in [5.74, 6) is -0.164. The van der Waals surface area contributed by atoms with Gasteiger partial charge in [-0.05, 0) is 50.7 Å². The zero-order valence-corrected chi connectivity index (χ0v) is 19.3. The number of rotatable bonds is 9. The van der Waals surface area contributed by atoms with Crippen LogP contribution in [0, 0.1) is 0 Å². The van der Waals surface area contributed by atoms with E-state index in [-0.39, 0.29) is 17.0 Å². The van der Waals surface area contributed by atoms with Gasteiger partial charge >= 0.3 is 0 Å². The van der Waals surface area contributed by atoms with E-state index in [1.165, 1.54) is 0 Å². The highest BCUT2D eigenvalue weighted by atomic mass is 35.5. The first kappa shape index (κ1) is 23.4. The SMILES string of the molecule is C=CCN(Cc1cnc(S(=O)(=O)Cc2cccc(Cl)c2)n1C(C)C)C(=S)NCC. The maximum Gasteiger partial charge on any atom is 0.228 e. The molecule has 29 heavy (non-hydrogen) atoms. The van der Waals surface area contributed by atoms with E-state index in [4.69, 9.17) is 23.8 Å². The Kier molecular flexibility index (Phi) is 8.24. The second-order valence-electron chi connectivity index (χ2n) is 6.89. The number of sulfone groups is 1. The number of benzene rings is 1. The summed E-state index contributed by atoms with van der Waals surface area (Å²) < 4.78 is 28.0. The molecule has 0 saturated carbocycles. The third-order valence-corrected chi connectivity index (χ3v) is 6.41. The van der Waals surface area contributed by atoms with Crippen molar-refractivity contribution in [2.75, 3.05) is 13.1 Å². The highest BCUT2D eigenvalue weighted by Crippen LogP contribution is 2.23. The van der Waals surface area contributed by atoms with Gasteiger partial charge in [-0.2, -0.15) is 0 Å². The van der Waals surface area contributed by atoms with Crippen molar-refractivity contribution in [3.8, 4) is 0 Å². The lowest BCUT2D eigenvalue weighted by Gasteiger charge is -2.25. The van der Waals surface area contributed by atoms with Crippen molar-refractivity contribution in [3.05, 3.63) is 59.4 Å². The third kappa shape index (κ3) is 6.04. The molecule has 0 spiro atoms. The molecule has 1 aromatic heterocycles. The lowest BCUT2D eigenvalue weighted by molar-refractivity contribution is 0.411. The number of hydrogen-bond donors (Lipinski definition) is 1. The molecule has 0 aliphatic carbocycles. The maximum atomic E-state index is 13.1. The van der Waals surface area contributed by atoms with Gasteiger partial charge in [-0.25, -0.2) is 13.4 Å². The average Bonchev–Trinajstić information content (AvgIpc) is 3.06. The van der Waals surface area contributed by atoms with Crippen LogP contribution in [-0.2, 0) is 22.1 Å². The lowest BCUT2D eigenvalue weighted by atomic mass is 10.2. The number of nitrogens with zero attached hydrogens (tertiary/aromatic N) is 3. The van der Waals surface area contributed by atoms with Crippen molar-refractivity contribution in [3.63, 3.8) is 0 Å². The molecule has 0 atom stereocenters. The van der Waals surface area contributed by atoms with Gasteiger partial charge in [0.1, 0.15) is 0 Å². The Morgan fingerprint density at radius 2 is 2.17 bits per heavy atom. The zero-order chi connectivity index (χ0) is 21.6. The van der Waals surface area contributed by atoms with Crippen LogP contribution in [0.3, 0.4) is 0 Å². The van der Waals surface area contributed by atoms with Crippen molar-refractivity contribution in [1.82, 2.24) is 19.8 Å². The summed E-state index contributed by atoms with van der Waals surface area (Å²) in [6, 6.07) is 6.76. The molecule has 0 fully saturated rings. The average molecular weight is 455 g/mol. The van der Waals surface area contributed by atoms with Crippen LogP contribution in [0.2, 0.25) is 5.02 Å². The molecule has 9 heteroatoms. The molecule has 0 amide bonds. The van der Waals surface area contributed by atoms with E-state index in [1.807, 2.05) is 25.7 Å². The van der Waals surface area contributed by atoms with Crippen LogP contribution in [0.4, 0.5) is 0 Å². The van der Waals surface area contributed by atoms with Crippen LogP contribution in [-0.4, -0.2) is 41.1 Å². The number of halogens is 1. The van der Waals surface area contributed by atoms with E-state index in [2.05, 4.69) is 16.9 Å². The molecule has 0 saturated heterocycles. The number of thiocarbonyl (C=S) groups is 1. The largest absolute Gasteiger partial charge is 0.363 e. The Bertz CT molecular complexity index is 971. The molecular weight excluding hydrogens is 428 g/mol. The van der Waals surface area contributed by atoms with Gasteiger partial charge in [-0.1, -0.05) is 29.8 Å². The molecule has 1 aromatic carbocycles. The maximum absolute atomic E-state index is 13.1. The highest BCUT2D eigenvalue weighted by Gasteiger charge is 2.26. The van der Waals surface area contributed by atoms with Gasteiger partial charge < -0.3 is 14.8 Å². The Labute approximate surface area is 183 Å². The van der Waals surface area contributed by atoms with Crippen LogP contribution in [0.15, 0.2) is 48.3 Å². The van der Waals surface area contributed by atoms with Gasteiger partial charge in [0.2, 0.25) is 15.0 Å². The van der Waals surface area contributed by atoms with Gasteiger partial charge in [0.05, 0.1) is 24.2 Å². The van der Waals surface area contributed by atoms with E-state index in [1.54, 1.807) is 41.1 Å². The predicted molar refractivity (Wildman–Crippen MR) is 122 cm³/mol. The van der Waals surface area contributed by atoms with E-state index in [0.29, 0.717) is 35.3 Å². The topological polar surface area (TPSA) is 67.2 Å². The number of aromatic nitrogens is 2. The Balaban J connectivity index is 2.38. The Hall–Kier alpha value is -1.90. The number of nitrogens with one attached hydrogen (secondary N) is 1. The second kappa shape index (κ2) is 10.2. The van der Waals surface area contributed by atoms with Gasteiger partial charge in [-0.3, -0.25) is 0 Å². The van der Waals surface area contributed by atoms with Crippen LogP contribution in [0.25, 0.3) is 0 Å². The Morgan fingerprint density at radius 3 is 2.76 bits per heavy atom. The minimum atomic E-state index is -3.66. The lowest BCUT2D eigenvalue weighted by Crippen LogP contribution is -2.39. The van der Waals surface area contributed by atoms with Crippen LogP contribution in [0.5, 0.6) is 0 Å². The van der Waals surface area contributed by atoms with Crippen LogP contribution >= 0.6 is 23.8 Å². The molecule has 0 aliphatic rings. The fraction of sp³-hybridized carbons (Fsp3) is 0.400. The third-order valence-electron chi connectivity index (χ3n) is 4.20. The minimum absolute atomic E-state index is 0.0513.